The van der Waals surface area contributed by atoms with Gasteiger partial charge in [0.15, 0.2) is 0 Å². The van der Waals surface area contributed by atoms with Crippen molar-refractivity contribution in [2.75, 3.05) is 11.9 Å². The average Bonchev–Trinajstić information content (AvgIpc) is 2.12. The van der Waals surface area contributed by atoms with Crippen LogP contribution in [0.5, 0.6) is 0 Å². The van der Waals surface area contributed by atoms with Gasteiger partial charge in [-0.15, -0.1) is 0 Å². The van der Waals surface area contributed by atoms with Gasteiger partial charge in [-0.25, -0.2) is 4.98 Å². The standard InChI is InChI=1S/C13H22N2O/c1-10-5-6-14-12(7-10)15-9-11(16)8-13(2,3)4/h5-7,11,16H,8-9H2,1-4H3,(H,14,15). The summed E-state index contributed by atoms with van der Waals surface area (Å²) >= 11 is 0. The first kappa shape index (κ1) is 13.0. The lowest BCUT2D eigenvalue weighted by atomic mass is 9.89. The summed E-state index contributed by atoms with van der Waals surface area (Å²) in [5.74, 6) is 0.827. The Bertz CT molecular complexity index is 331. The maximum Gasteiger partial charge on any atom is 0.126 e. The van der Waals surface area contributed by atoms with Crippen LogP contribution in [-0.2, 0) is 0 Å². The Morgan fingerprint density at radius 3 is 2.69 bits per heavy atom. The number of nitrogens with zero attached hydrogens (tertiary/aromatic N) is 1. The van der Waals surface area contributed by atoms with Gasteiger partial charge in [0.05, 0.1) is 6.10 Å². The zero-order chi connectivity index (χ0) is 12.2. The predicted molar refractivity (Wildman–Crippen MR) is 67.5 cm³/mol. The average molecular weight is 222 g/mol. The molecule has 90 valence electrons. The summed E-state index contributed by atoms with van der Waals surface area (Å²) in [7, 11) is 0. The minimum atomic E-state index is -0.331. The normalized spacial score (nSPS) is 13.6. The topological polar surface area (TPSA) is 45.2 Å². The molecular weight excluding hydrogens is 200 g/mol. The molecule has 1 atom stereocenters. The highest BCUT2D eigenvalue weighted by Crippen LogP contribution is 2.20. The molecule has 0 amide bonds. The number of rotatable bonds is 4. The van der Waals surface area contributed by atoms with Crippen LogP contribution in [0, 0.1) is 12.3 Å². The first-order valence-electron chi connectivity index (χ1n) is 5.71. The van der Waals surface area contributed by atoms with E-state index in [1.165, 1.54) is 5.56 Å². The third-order valence-electron chi connectivity index (χ3n) is 2.28. The molecule has 16 heavy (non-hydrogen) atoms. The molecule has 3 nitrogen and oxygen atoms in total. The highest BCUT2D eigenvalue weighted by molar-refractivity contribution is 5.36. The fourth-order valence-corrected chi connectivity index (χ4v) is 1.63. The Labute approximate surface area is 97.9 Å². The molecule has 0 spiro atoms. The molecule has 1 heterocycles. The van der Waals surface area contributed by atoms with Crippen LogP contribution >= 0.6 is 0 Å². The van der Waals surface area contributed by atoms with E-state index in [2.05, 4.69) is 31.1 Å². The van der Waals surface area contributed by atoms with Gasteiger partial charge in [0.25, 0.3) is 0 Å². The van der Waals surface area contributed by atoms with Gasteiger partial charge in [-0.05, 0) is 36.5 Å². The quantitative estimate of drug-likeness (QED) is 0.823. The van der Waals surface area contributed by atoms with Crippen molar-refractivity contribution >= 4 is 5.82 Å². The molecule has 0 radical (unpaired) electrons. The number of aromatic nitrogens is 1. The molecule has 2 N–H and O–H groups in total. The number of pyridine rings is 1. The number of aliphatic hydroxyl groups is 1. The largest absolute Gasteiger partial charge is 0.391 e. The van der Waals surface area contributed by atoms with E-state index in [0.29, 0.717) is 6.54 Å². The Balaban J connectivity index is 2.40. The van der Waals surface area contributed by atoms with Crippen LogP contribution in [0.4, 0.5) is 5.82 Å². The lowest BCUT2D eigenvalue weighted by Gasteiger charge is -2.22. The molecule has 0 bridgehead atoms. The Hall–Kier alpha value is -1.09. The van der Waals surface area contributed by atoms with Gasteiger partial charge in [-0.2, -0.15) is 0 Å². The lowest BCUT2D eigenvalue weighted by Crippen LogP contribution is -2.25. The van der Waals surface area contributed by atoms with Crippen LogP contribution in [0.2, 0.25) is 0 Å². The molecule has 1 aromatic rings. The fraction of sp³-hybridized carbons (Fsp3) is 0.615. The van der Waals surface area contributed by atoms with Crippen LogP contribution in [0.25, 0.3) is 0 Å². The SMILES string of the molecule is Cc1ccnc(NCC(O)CC(C)(C)C)c1. The number of nitrogens with one attached hydrogen (secondary N) is 1. The van der Waals surface area contributed by atoms with Gasteiger partial charge in [0, 0.05) is 12.7 Å². The minimum absolute atomic E-state index is 0.154. The van der Waals surface area contributed by atoms with Crippen LogP contribution in [0.15, 0.2) is 18.3 Å². The molecule has 0 aliphatic heterocycles. The summed E-state index contributed by atoms with van der Waals surface area (Å²) in [4.78, 5) is 4.19. The number of hydrogen-bond acceptors (Lipinski definition) is 3. The summed E-state index contributed by atoms with van der Waals surface area (Å²) in [5, 5.41) is 13.0. The molecule has 3 heteroatoms. The van der Waals surface area contributed by atoms with Gasteiger partial charge < -0.3 is 10.4 Å². The summed E-state index contributed by atoms with van der Waals surface area (Å²) in [6, 6.07) is 3.93. The fourth-order valence-electron chi connectivity index (χ4n) is 1.63. The Kier molecular flexibility index (Phi) is 4.30. The van der Waals surface area contributed by atoms with Crippen LogP contribution in [0.1, 0.15) is 32.8 Å². The Morgan fingerprint density at radius 2 is 2.12 bits per heavy atom. The highest BCUT2D eigenvalue weighted by Gasteiger charge is 2.16. The monoisotopic (exact) mass is 222 g/mol. The number of aliphatic hydroxyl groups excluding tert-OH is 1. The summed E-state index contributed by atoms with van der Waals surface area (Å²) < 4.78 is 0. The molecule has 0 saturated carbocycles. The molecule has 0 aliphatic carbocycles. The number of aryl methyl sites for hydroxylation is 1. The third kappa shape index (κ3) is 5.12. The van der Waals surface area contributed by atoms with E-state index in [9.17, 15) is 5.11 Å². The molecule has 0 aromatic carbocycles. The second kappa shape index (κ2) is 5.30. The first-order chi connectivity index (χ1) is 7.37. The van der Waals surface area contributed by atoms with E-state index in [1.807, 2.05) is 19.1 Å². The highest BCUT2D eigenvalue weighted by atomic mass is 16.3. The molecular formula is C13H22N2O. The van der Waals surface area contributed by atoms with E-state index < -0.39 is 0 Å². The second-order valence-electron chi connectivity index (χ2n) is 5.52. The third-order valence-corrected chi connectivity index (χ3v) is 2.28. The van der Waals surface area contributed by atoms with Crippen LogP contribution in [0.3, 0.4) is 0 Å². The van der Waals surface area contributed by atoms with Crippen molar-refractivity contribution in [3.05, 3.63) is 23.9 Å². The summed E-state index contributed by atoms with van der Waals surface area (Å²) in [6.45, 7) is 8.95. The number of anilines is 1. The zero-order valence-corrected chi connectivity index (χ0v) is 10.6. The Morgan fingerprint density at radius 1 is 1.44 bits per heavy atom. The summed E-state index contributed by atoms with van der Waals surface area (Å²) in [5.41, 5.74) is 1.32. The molecule has 1 aromatic heterocycles. The van der Waals surface area contributed by atoms with Gasteiger partial charge in [-0.3, -0.25) is 0 Å². The van der Waals surface area contributed by atoms with E-state index in [4.69, 9.17) is 0 Å². The maximum atomic E-state index is 9.83. The smallest absolute Gasteiger partial charge is 0.126 e. The van der Waals surface area contributed by atoms with Crippen LogP contribution in [-0.4, -0.2) is 22.7 Å². The van der Waals surface area contributed by atoms with Crippen molar-refractivity contribution in [3.8, 4) is 0 Å². The van der Waals surface area contributed by atoms with Crippen molar-refractivity contribution in [2.24, 2.45) is 5.41 Å². The lowest BCUT2D eigenvalue weighted by molar-refractivity contribution is 0.132. The van der Waals surface area contributed by atoms with Gasteiger partial charge in [0.2, 0.25) is 0 Å². The zero-order valence-electron chi connectivity index (χ0n) is 10.6. The maximum absolute atomic E-state index is 9.83. The molecule has 0 fully saturated rings. The molecule has 0 aliphatic rings. The van der Waals surface area contributed by atoms with E-state index in [1.54, 1.807) is 6.20 Å². The van der Waals surface area contributed by atoms with Gasteiger partial charge in [0.1, 0.15) is 5.82 Å². The van der Waals surface area contributed by atoms with Crippen molar-refractivity contribution in [1.82, 2.24) is 4.98 Å². The summed E-state index contributed by atoms with van der Waals surface area (Å²) in [6.07, 6.45) is 2.22. The molecule has 0 saturated heterocycles. The molecule has 1 unspecified atom stereocenters. The van der Waals surface area contributed by atoms with Crippen molar-refractivity contribution in [3.63, 3.8) is 0 Å². The van der Waals surface area contributed by atoms with Crippen LogP contribution < -0.4 is 5.32 Å². The molecule has 1 rings (SSSR count). The second-order valence-corrected chi connectivity index (χ2v) is 5.52. The van der Waals surface area contributed by atoms with Crippen molar-refractivity contribution in [2.45, 2.75) is 40.2 Å². The van der Waals surface area contributed by atoms with Crippen molar-refractivity contribution in [1.29, 1.82) is 0 Å². The van der Waals surface area contributed by atoms with Gasteiger partial charge >= 0.3 is 0 Å². The predicted octanol–water partition coefficient (Wildman–Crippen LogP) is 2.60. The van der Waals surface area contributed by atoms with E-state index in [-0.39, 0.29) is 11.5 Å². The van der Waals surface area contributed by atoms with E-state index in [0.717, 1.165) is 12.2 Å². The first-order valence-corrected chi connectivity index (χ1v) is 5.71. The van der Waals surface area contributed by atoms with Gasteiger partial charge in [-0.1, -0.05) is 20.8 Å². The van der Waals surface area contributed by atoms with E-state index >= 15 is 0 Å². The van der Waals surface area contributed by atoms with Crippen molar-refractivity contribution < 1.29 is 5.11 Å². The minimum Gasteiger partial charge on any atom is -0.391 e. The number of hydrogen-bond donors (Lipinski definition) is 2.